The lowest BCUT2D eigenvalue weighted by Gasteiger charge is -2.26. The molecule has 2 fully saturated rings. The van der Waals surface area contributed by atoms with Crippen molar-refractivity contribution in [3.8, 4) is 11.5 Å². The largest absolute Gasteiger partial charge is 0.496 e. The van der Waals surface area contributed by atoms with Crippen molar-refractivity contribution in [1.82, 2.24) is 10.2 Å². The zero-order chi connectivity index (χ0) is 22.0. The van der Waals surface area contributed by atoms with Crippen molar-refractivity contribution in [3.05, 3.63) is 47.4 Å². The van der Waals surface area contributed by atoms with Crippen LogP contribution in [0.15, 0.2) is 40.5 Å². The number of benzene rings is 1. The maximum absolute atomic E-state index is 13.0. The number of carbonyl (C=O) groups is 3. The number of anilines is 1. The molecule has 31 heavy (non-hydrogen) atoms. The van der Waals surface area contributed by atoms with E-state index in [0.717, 1.165) is 36.5 Å². The van der Waals surface area contributed by atoms with Crippen LogP contribution >= 0.6 is 0 Å². The number of amides is 4. The van der Waals surface area contributed by atoms with E-state index in [4.69, 9.17) is 13.9 Å². The second-order valence-corrected chi connectivity index (χ2v) is 7.25. The molecule has 1 N–H and O–H groups in total. The van der Waals surface area contributed by atoms with Gasteiger partial charge in [-0.05, 0) is 37.1 Å². The lowest BCUT2D eigenvalue weighted by Crippen LogP contribution is -2.53. The number of ether oxygens (including phenoxy) is 2. The molecule has 0 aliphatic carbocycles. The van der Waals surface area contributed by atoms with Gasteiger partial charge >= 0.3 is 6.03 Å². The van der Waals surface area contributed by atoms with Gasteiger partial charge < -0.3 is 18.8 Å². The molecule has 4 rings (SSSR count). The number of hydrogen-bond acceptors (Lipinski definition) is 7. The highest BCUT2D eigenvalue weighted by atomic mass is 16.5. The fourth-order valence-corrected chi connectivity index (χ4v) is 3.77. The highest BCUT2D eigenvalue weighted by molar-refractivity contribution is 6.31. The van der Waals surface area contributed by atoms with Crippen LogP contribution < -0.4 is 19.7 Å². The van der Waals surface area contributed by atoms with Crippen molar-refractivity contribution in [3.63, 3.8) is 0 Å². The minimum absolute atomic E-state index is 0.0867. The second-order valence-electron chi connectivity index (χ2n) is 7.25. The van der Waals surface area contributed by atoms with Gasteiger partial charge in [0.05, 0.1) is 32.7 Å². The average molecular weight is 425 g/mol. The summed E-state index contributed by atoms with van der Waals surface area (Å²) in [6, 6.07) is 6.08. The van der Waals surface area contributed by atoms with Gasteiger partial charge in [-0.2, -0.15) is 0 Å². The Morgan fingerprint density at radius 3 is 2.48 bits per heavy atom. The number of furan rings is 1. The quantitative estimate of drug-likeness (QED) is 0.561. The summed E-state index contributed by atoms with van der Waals surface area (Å²) in [4.78, 5) is 40.7. The van der Waals surface area contributed by atoms with Crippen LogP contribution in [0.25, 0.3) is 6.08 Å². The molecule has 162 valence electrons. The maximum Gasteiger partial charge on any atom is 0.331 e. The molecule has 3 heterocycles. The molecule has 1 aromatic heterocycles. The molecule has 0 spiro atoms. The molecule has 4 amide bonds. The number of imide groups is 2. The Labute approximate surface area is 179 Å². The molecule has 9 nitrogen and oxygen atoms in total. The van der Waals surface area contributed by atoms with E-state index < -0.39 is 17.8 Å². The number of carbonyl (C=O) groups excluding carboxylic acids is 3. The molecule has 0 saturated carbocycles. The summed E-state index contributed by atoms with van der Waals surface area (Å²) < 4.78 is 16.3. The first-order valence-corrected chi connectivity index (χ1v) is 9.94. The van der Waals surface area contributed by atoms with E-state index >= 15 is 0 Å². The third-order valence-corrected chi connectivity index (χ3v) is 5.36. The Balaban J connectivity index is 1.70. The van der Waals surface area contributed by atoms with Crippen molar-refractivity contribution < 1.29 is 28.3 Å². The Morgan fingerprint density at radius 1 is 1.10 bits per heavy atom. The molecule has 2 aliphatic heterocycles. The summed E-state index contributed by atoms with van der Waals surface area (Å²) in [5.74, 6) is 0.0450. The van der Waals surface area contributed by atoms with Gasteiger partial charge in [0, 0.05) is 24.7 Å². The van der Waals surface area contributed by atoms with Gasteiger partial charge in [0.25, 0.3) is 11.8 Å². The van der Waals surface area contributed by atoms with E-state index in [1.807, 2.05) is 6.07 Å². The highest BCUT2D eigenvalue weighted by Gasteiger charge is 2.36. The number of rotatable bonds is 6. The molecule has 2 aromatic rings. The fourth-order valence-electron chi connectivity index (χ4n) is 3.77. The van der Waals surface area contributed by atoms with Gasteiger partial charge in [0.1, 0.15) is 22.8 Å². The summed E-state index contributed by atoms with van der Waals surface area (Å²) in [5, 5.41) is 2.20. The Morgan fingerprint density at radius 2 is 1.84 bits per heavy atom. The van der Waals surface area contributed by atoms with Crippen molar-refractivity contribution >= 4 is 29.6 Å². The van der Waals surface area contributed by atoms with Crippen molar-refractivity contribution in [2.24, 2.45) is 0 Å². The van der Waals surface area contributed by atoms with Crippen LogP contribution in [-0.2, 0) is 16.1 Å². The maximum atomic E-state index is 13.0. The van der Waals surface area contributed by atoms with Gasteiger partial charge in [-0.3, -0.25) is 19.8 Å². The number of hydrogen-bond donors (Lipinski definition) is 1. The van der Waals surface area contributed by atoms with Crippen LogP contribution in [0, 0.1) is 0 Å². The second kappa shape index (κ2) is 8.55. The molecule has 0 unspecified atom stereocenters. The van der Waals surface area contributed by atoms with Crippen LogP contribution in [0.3, 0.4) is 0 Å². The molecular formula is C22H23N3O6. The van der Waals surface area contributed by atoms with Crippen LogP contribution in [-0.4, -0.2) is 50.1 Å². The van der Waals surface area contributed by atoms with E-state index in [1.54, 1.807) is 25.3 Å². The smallest absolute Gasteiger partial charge is 0.331 e. The van der Waals surface area contributed by atoms with Crippen molar-refractivity contribution in [2.75, 3.05) is 32.2 Å². The first-order valence-electron chi connectivity index (χ1n) is 9.94. The minimum atomic E-state index is -0.794. The standard InChI is InChI=1S/C22H23N3O6/c1-29-18-12-17(24-7-3-4-8-24)19(30-2)11-14(18)10-16-20(26)23-22(28)25(21(16)27)13-15-6-5-9-31-15/h5-6,9-12H,3-4,7-8,13H2,1-2H3,(H,23,26,28). The first-order chi connectivity index (χ1) is 15.0. The lowest BCUT2D eigenvalue weighted by molar-refractivity contribution is -0.130. The van der Waals surface area contributed by atoms with Gasteiger partial charge in [0.2, 0.25) is 0 Å². The third kappa shape index (κ3) is 3.98. The average Bonchev–Trinajstić information content (AvgIpc) is 3.48. The number of nitrogens with zero attached hydrogens (tertiary/aromatic N) is 2. The molecule has 2 saturated heterocycles. The van der Waals surface area contributed by atoms with Crippen LogP contribution in [0.5, 0.6) is 11.5 Å². The number of nitrogens with one attached hydrogen (secondary N) is 1. The summed E-state index contributed by atoms with van der Waals surface area (Å²) in [7, 11) is 3.09. The Kier molecular flexibility index (Phi) is 5.66. The molecule has 2 aliphatic rings. The topological polar surface area (TPSA) is 101 Å². The molecule has 0 radical (unpaired) electrons. The molecule has 0 atom stereocenters. The zero-order valence-electron chi connectivity index (χ0n) is 17.3. The Hall–Kier alpha value is -3.75. The van der Waals surface area contributed by atoms with E-state index in [2.05, 4.69) is 10.2 Å². The predicted octanol–water partition coefficient (Wildman–Crippen LogP) is 2.56. The molecule has 0 bridgehead atoms. The SMILES string of the molecule is COc1cc(N2CCCC2)c(OC)cc1C=C1C(=O)NC(=O)N(Cc2ccco2)C1=O. The molecule has 9 heteroatoms. The summed E-state index contributed by atoms with van der Waals surface area (Å²) >= 11 is 0. The van der Waals surface area contributed by atoms with E-state index in [9.17, 15) is 14.4 Å². The van der Waals surface area contributed by atoms with Gasteiger partial charge in [0.15, 0.2) is 0 Å². The van der Waals surface area contributed by atoms with E-state index in [1.165, 1.54) is 19.4 Å². The normalized spacial score (nSPS) is 18.0. The van der Waals surface area contributed by atoms with Crippen LogP contribution in [0.4, 0.5) is 10.5 Å². The fraction of sp³-hybridized carbons (Fsp3) is 0.318. The van der Waals surface area contributed by atoms with Gasteiger partial charge in [-0.1, -0.05) is 0 Å². The molecular weight excluding hydrogens is 402 g/mol. The lowest BCUT2D eigenvalue weighted by atomic mass is 10.0. The highest BCUT2D eigenvalue weighted by Crippen LogP contribution is 2.38. The van der Waals surface area contributed by atoms with E-state index in [0.29, 0.717) is 22.8 Å². The number of barbiturate groups is 1. The minimum Gasteiger partial charge on any atom is -0.496 e. The first kappa shape index (κ1) is 20.5. The number of urea groups is 1. The summed E-state index contributed by atoms with van der Waals surface area (Å²) in [6.45, 7) is 1.76. The summed E-state index contributed by atoms with van der Waals surface area (Å²) in [6.07, 6.45) is 5.06. The van der Waals surface area contributed by atoms with Crippen molar-refractivity contribution in [1.29, 1.82) is 0 Å². The van der Waals surface area contributed by atoms with Gasteiger partial charge in [-0.25, -0.2) is 4.79 Å². The predicted molar refractivity (Wildman–Crippen MR) is 112 cm³/mol. The van der Waals surface area contributed by atoms with Crippen LogP contribution in [0.2, 0.25) is 0 Å². The summed E-state index contributed by atoms with van der Waals surface area (Å²) in [5.41, 5.74) is 1.21. The van der Waals surface area contributed by atoms with Crippen LogP contribution in [0.1, 0.15) is 24.2 Å². The van der Waals surface area contributed by atoms with E-state index in [-0.39, 0.29) is 12.1 Å². The Bertz CT molecular complexity index is 1040. The number of methoxy groups -OCH3 is 2. The van der Waals surface area contributed by atoms with Crippen molar-refractivity contribution in [2.45, 2.75) is 19.4 Å². The third-order valence-electron chi connectivity index (χ3n) is 5.36. The molecule has 1 aromatic carbocycles. The zero-order valence-corrected chi connectivity index (χ0v) is 17.3. The van der Waals surface area contributed by atoms with Gasteiger partial charge in [-0.15, -0.1) is 0 Å². The monoisotopic (exact) mass is 425 g/mol.